The smallest absolute Gasteiger partial charge is 0.238 e. The van der Waals surface area contributed by atoms with E-state index in [-0.39, 0.29) is 11.4 Å². The van der Waals surface area contributed by atoms with Gasteiger partial charge in [0.05, 0.1) is 11.1 Å². The number of carbonyl (C=O) groups excluding carboxylic acids is 2. The minimum absolute atomic E-state index is 0.256. The average molecular weight is 312 g/mol. The summed E-state index contributed by atoms with van der Waals surface area (Å²) < 4.78 is 0. The van der Waals surface area contributed by atoms with E-state index in [0.717, 1.165) is 0 Å². The maximum Gasteiger partial charge on any atom is 0.238 e. The van der Waals surface area contributed by atoms with E-state index >= 15 is 0 Å². The van der Waals surface area contributed by atoms with Crippen LogP contribution in [0.4, 0.5) is 0 Å². The highest BCUT2D eigenvalue weighted by Crippen LogP contribution is 2.33. The normalized spacial score (nSPS) is 11.3. The summed E-state index contributed by atoms with van der Waals surface area (Å²) >= 11 is 0. The SMILES string of the molecule is N#Cc1nc(C#N)c2c(n1)-c1nc(C#N)nc(C#N)c1C(=O)C2=O. The van der Waals surface area contributed by atoms with Crippen LogP contribution in [-0.2, 0) is 0 Å². The van der Waals surface area contributed by atoms with E-state index in [9.17, 15) is 9.59 Å². The van der Waals surface area contributed by atoms with Gasteiger partial charge in [-0.1, -0.05) is 0 Å². The summed E-state index contributed by atoms with van der Waals surface area (Å²) in [6.07, 6.45) is 0. The molecule has 108 valence electrons. The lowest BCUT2D eigenvalue weighted by Crippen LogP contribution is -2.27. The van der Waals surface area contributed by atoms with E-state index in [1.807, 2.05) is 0 Å². The molecule has 0 amide bonds. The summed E-state index contributed by atoms with van der Waals surface area (Å²) in [7, 11) is 0. The molecule has 0 saturated carbocycles. The molecule has 0 fully saturated rings. The topological polar surface area (TPSA) is 181 Å². The van der Waals surface area contributed by atoms with Gasteiger partial charge >= 0.3 is 0 Å². The molecule has 0 aliphatic heterocycles. The fraction of sp³-hybridized carbons (Fsp3) is 0. The number of ketones is 2. The molecule has 0 radical (unpaired) electrons. The summed E-state index contributed by atoms with van der Waals surface area (Å²) in [4.78, 5) is 39.4. The Bertz CT molecular complexity index is 1050. The number of carbonyl (C=O) groups is 2. The van der Waals surface area contributed by atoms with Gasteiger partial charge in [-0.15, -0.1) is 0 Å². The quantitative estimate of drug-likeness (QED) is 0.590. The van der Waals surface area contributed by atoms with Crippen molar-refractivity contribution in [3.63, 3.8) is 0 Å². The highest BCUT2D eigenvalue weighted by Gasteiger charge is 2.39. The largest absolute Gasteiger partial charge is 0.285 e. The molecule has 10 nitrogen and oxygen atoms in total. The average Bonchev–Trinajstić information content (AvgIpc) is 2.63. The van der Waals surface area contributed by atoms with Gasteiger partial charge in [-0.3, -0.25) is 9.59 Å². The summed E-state index contributed by atoms with van der Waals surface area (Å²) in [6, 6.07) is 6.49. The maximum atomic E-state index is 12.3. The van der Waals surface area contributed by atoms with E-state index in [0.29, 0.717) is 0 Å². The van der Waals surface area contributed by atoms with Gasteiger partial charge in [-0.25, -0.2) is 19.9 Å². The highest BCUT2D eigenvalue weighted by molar-refractivity contribution is 6.53. The van der Waals surface area contributed by atoms with E-state index < -0.39 is 45.7 Å². The number of Topliss-reactive ketones (excluding diaryl/α,β-unsaturated/α-hetero) is 2. The molecule has 0 N–H and O–H groups in total. The first kappa shape index (κ1) is 14.4. The van der Waals surface area contributed by atoms with Crippen LogP contribution >= 0.6 is 0 Å². The molecule has 0 atom stereocenters. The molecule has 0 spiro atoms. The van der Waals surface area contributed by atoms with Crippen LogP contribution in [0.1, 0.15) is 43.8 Å². The second-order valence-electron chi connectivity index (χ2n) is 4.34. The fourth-order valence-corrected chi connectivity index (χ4v) is 2.18. The first-order valence-electron chi connectivity index (χ1n) is 6.09. The zero-order valence-corrected chi connectivity index (χ0v) is 11.4. The molecule has 10 heteroatoms. The van der Waals surface area contributed by atoms with E-state index in [1.165, 1.54) is 0 Å². The minimum Gasteiger partial charge on any atom is -0.285 e. The Morgan fingerprint density at radius 3 is 1.25 bits per heavy atom. The van der Waals surface area contributed by atoms with Gasteiger partial charge in [0.2, 0.25) is 23.2 Å². The third-order valence-corrected chi connectivity index (χ3v) is 3.11. The molecule has 2 heterocycles. The van der Waals surface area contributed by atoms with Crippen molar-refractivity contribution < 1.29 is 9.59 Å². The molecule has 24 heavy (non-hydrogen) atoms. The fourth-order valence-electron chi connectivity index (χ4n) is 2.18. The Balaban J connectivity index is 2.55. The molecule has 2 aromatic rings. The van der Waals surface area contributed by atoms with Crippen molar-refractivity contribution in [1.82, 2.24) is 19.9 Å². The number of nitriles is 4. The Morgan fingerprint density at radius 1 is 0.583 bits per heavy atom. The van der Waals surface area contributed by atoms with Crippen LogP contribution in [-0.4, -0.2) is 31.5 Å². The highest BCUT2D eigenvalue weighted by atomic mass is 16.2. The van der Waals surface area contributed by atoms with Crippen LogP contribution in [0.15, 0.2) is 0 Å². The van der Waals surface area contributed by atoms with Gasteiger partial charge in [0.25, 0.3) is 0 Å². The molecule has 1 aliphatic rings. The third-order valence-electron chi connectivity index (χ3n) is 3.11. The van der Waals surface area contributed by atoms with Crippen LogP contribution in [0.25, 0.3) is 11.4 Å². The Morgan fingerprint density at radius 2 is 0.958 bits per heavy atom. The molecule has 0 bridgehead atoms. The molecule has 0 saturated heterocycles. The molecule has 1 aliphatic carbocycles. The Hall–Kier alpha value is -4.54. The molecule has 0 aromatic carbocycles. The Kier molecular flexibility index (Phi) is 3.02. The first-order valence-corrected chi connectivity index (χ1v) is 6.09. The summed E-state index contributed by atoms with van der Waals surface area (Å²) in [5.41, 5.74) is -2.27. The van der Waals surface area contributed by atoms with Crippen LogP contribution in [0, 0.1) is 45.3 Å². The number of hydrogen-bond acceptors (Lipinski definition) is 10. The van der Waals surface area contributed by atoms with Crippen molar-refractivity contribution in [3.05, 3.63) is 34.2 Å². The summed E-state index contributed by atoms with van der Waals surface area (Å²) in [5, 5.41) is 36.1. The summed E-state index contributed by atoms with van der Waals surface area (Å²) in [6.45, 7) is 0. The van der Waals surface area contributed by atoms with Gasteiger partial charge in [0, 0.05) is 0 Å². The van der Waals surface area contributed by atoms with Crippen molar-refractivity contribution in [1.29, 1.82) is 21.0 Å². The first-order chi connectivity index (χ1) is 11.5. The lowest BCUT2D eigenvalue weighted by molar-refractivity contribution is 0.0813. The van der Waals surface area contributed by atoms with Crippen molar-refractivity contribution >= 4 is 11.6 Å². The van der Waals surface area contributed by atoms with Gasteiger partial charge in [0.15, 0.2) is 11.4 Å². The van der Waals surface area contributed by atoms with Crippen molar-refractivity contribution in [2.24, 2.45) is 0 Å². The van der Waals surface area contributed by atoms with Crippen LogP contribution in [0.5, 0.6) is 0 Å². The van der Waals surface area contributed by atoms with Gasteiger partial charge in [0.1, 0.15) is 35.7 Å². The molecular weight excluding hydrogens is 312 g/mol. The number of rotatable bonds is 0. The predicted octanol–water partition coefficient (Wildman–Crippen LogP) is -0.201. The van der Waals surface area contributed by atoms with Gasteiger partial charge in [-0.2, -0.15) is 21.0 Å². The number of fused-ring (bicyclic) bond motifs is 3. The second kappa shape index (κ2) is 5.03. The van der Waals surface area contributed by atoms with Gasteiger partial charge < -0.3 is 0 Å². The number of hydrogen-bond donors (Lipinski definition) is 0. The van der Waals surface area contributed by atoms with E-state index in [1.54, 1.807) is 24.3 Å². The van der Waals surface area contributed by atoms with Crippen molar-refractivity contribution in [2.75, 3.05) is 0 Å². The van der Waals surface area contributed by atoms with E-state index in [4.69, 9.17) is 21.0 Å². The predicted molar refractivity (Wildman–Crippen MR) is 70.6 cm³/mol. The van der Waals surface area contributed by atoms with Crippen molar-refractivity contribution in [2.45, 2.75) is 0 Å². The maximum absolute atomic E-state index is 12.3. The Labute approximate surface area is 132 Å². The molecular formula is C14N8O2. The molecule has 2 aromatic heterocycles. The standard InChI is InChI=1S/C14N8O2/c15-1-5-9-11(21-7(3-17)19-5)12-10(14(24)13(9)23)6(2-16)20-8(4-18)22-12. The van der Waals surface area contributed by atoms with Crippen LogP contribution in [0.2, 0.25) is 0 Å². The molecule has 0 unspecified atom stereocenters. The number of aromatic nitrogens is 4. The zero-order valence-electron chi connectivity index (χ0n) is 11.4. The zero-order chi connectivity index (χ0) is 17.4. The lowest BCUT2D eigenvalue weighted by atomic mass is 9.88. The van der Waals surface area contributed by atoms with Crippen molar-refractivity contribution in [3.8, 4) is 35.7 Å². The number of nitrogens with zero attached hydrogens (tertiary/aromatic N) is 8. The molecule has 3 rings (SSSR count). The summed E-state index contributed by atoms with van der Waals surface area (Å²) in [5.74, 6) is -3.06. The minimum atomic E-state index is -1.11. The second-order valence-corrected chi connectivity index (χ2v) is 4.34. The van der Waals surface area contributed by atoms with Crippen LogP contribution < -0.4 is 0 Å². The third kappa shape index (κ3) is 1.79. The monoisotopic (exact) mass is 312 g/mol. The van der Waals surface area contributed by atoms with Gasteiger partial charge in [-0.05, 0) is 0 Å². The van der Waals surface area contributed by atoms with Crippen LogP contribution in [0.3, 0.4) is 0 Å². The van der Waals surface area contributed by atoms with E-state index in [2.05, 4.69) is 19.9 Å². The lowest BCUT2D eigenvalue weighted by Gasteiger charge is -2.16.